The highest BCUT2D eigenvalue weighted by Crippen LogP contribution is 2.23. The molecule has 2 heterocycles. The number of hydrogen-bond acceptors (Lipinski definition) is 4. The van der Waals surface area contributed by atoms with Crippen LogP contribution < -0.4 is 0 Å². The van der Waals surface area contributed by atoms with Crippen molar-refractivity contribution in [2.24, 2.45) is 7.05 Å². The summed E-state index contributed by atoms with van der Waals surface area (Å²) in [5.74, 6) is 0. The Hall–Kier alpha value is -1.27. The van der Waals surface area contributed by atoms with Crippen molar-refractivity contribution >= 4 is 15.9 Å². The monoisotopic (exact) mass is 296 g/mol. The number of aliphatic hydroxyl groups excluding tert-OH is 1. The highest BCUT2D eigenvalue weighted by Gasteiger charge is 2.17. The van der Waals surface area contributed by atoms with E-state index in [1.165, 1.54) is 0 Å². The molecule has 0 aliphatic heterocycles. The molecule has 0 aliphatic rings. The van der Waals surface area contributed by atoms with Crippen LogP contribution in [0.15, 0.2) is 29.0 Å². The van der Waals surface area contributed by atoms with Crippen molar-refractivity contribution in [3.63, 3.8) is 0 Å². The lowest BCUT2D eigenvalue weighted by Gasteiger charge is -2.10. The summed E-state index contributed by atoms with van der Waals surface area (Å²) in [6, 6.07) is 5.76. The number of aromatic nitrogens is 4. The molecule has 0 spiro atoms. The highest BCUT2D eigenvalue weighted by atomic mass is 79.9. The average molecular weight is 297 g/mol. The Labute approximate surface area is 108 Å². The number of aliphatic hydroxyl groups is 1. The molecule has 0 aliphatic carbocycles. The van der Waals surface area contributed by atoms with Crippen molar-refractivity contribution in [2.45, 2.75) is 18.9 Å². The van der Waals surface area contributed by atoms with Crippen LogP contribution in [0.4, 0.5) is 0 Å². The Morgan fingerprint density at radius 1 is 1.47 bits per heavy atom. The van der Waals surface area contributed by atoms with E-state index in [0.29, 0.717) is 16.7 Å². The number of pyridine rings is 1. The predicted molar refractivity (Wildman–Crippen MR) is 66.2 cm³/mol. The quantitative estimate of drug-likeness (QED) is 0.932. The largest absolute Gasteiger partial charge is 0.387 e. The molecule has 0 fully saturated rings. The fourth-order valence-corrected chi connectivity index (χ4v) is 2.25. The van der Waals surface area contributed by atoms with Gasteiger partial charge in [0.1, 0.15) is 5.69 Å². The second-order valence-corrected chi connectivity index (χ2v) is 4.52. The fraction of sp³-hybridized carbons (Fsp3) is 0.364. The van der Waals surface area contributed by atoms with Gasteiger partial charge in [-0.05, 0) is 40.9 Å². The predicted octanol–water partition coefficient (Wildman–Crippen LogP) is 1.64. The van der Waals surface area contributed by atoms with Crippen LogP contribution in [0.5, 0.6) is 0 Å². The minimum absolute atomic E-state index is 0.591. The molecular formula is C11H13BrN4O. The number of halogens is 1. The van der Waals surface area contributed by atoms with Crippen molar-refractivity contribution in [1.82, 2.24) is 20.0 Å². The standard InChI is InChI=1S/C11H13BrN4O/c1-16-10(11(12)14-15-16)9(17)6-5-8-4-2-3-7-13-8/h2-4,7,9,17H,5-6H2,1H3. The molecule has 1 unspecified atom stereocenters. The molecule has 0 saturated heterocycles. The van der Waals surface area contributed by atoms with Gasteiger partial charge in [-0.25, -0.2) is 4.68 Å². The Balaban J connectivity index is 2.01. The fourth-order valence-electron chi connectivity index (χ4n) is 1.66. The van der Waals surface area contributed by atoms with Crippen molar-refractivity contribution in [3.8, 4) is 0 Å². The molecule has 2 rings (SSSR count). The summed E-state index contributed by atoms with van der Waals surface area (Å²) in [5, 5.41) is 17.8. The third-order valence-corrected chi connectivity index (χ3v) is 3.11. The van der Waals surface area contributed by atoms with Crippen molar-refractivity contribution < 1.29 is 5.11 Å². The van der Waals surface area contributed by atoms with Gasteiger partial charge in [0, 0.05) is 18.9 Å². The lowest BCUT2D eigenvalue weighted by Crippen LogP contribution is -2.07. The zero-order valence-electron chi connectivity index (χ0n) is 9.41. The van der Waals surface area contributed by atoms with Gasteiger partial charge in [0.15, 0.2) is 4.60 Å². The topological polar surface area (TPSA) is 63.8 Å². The maximum Gasteiger partial charge on any atom is 0.154 e. The zero-order chi connectivity index (χ0) is 12.3. The third-order valence-electron chi connectivity index (χ3n) is 2.54. The van der Waals surface area contributed by atoms with Gasteiger partial charge in [-0.3, -0.25) is 4.98 Å². The van der Waals surface area contributed by atoms with Crippen LogP contribution in [-0.2, 0) is 13.5 Å². The minimum atomic E-state index is -0.591. The van der Waals surface area contributed by atoms with Gasteiger partial charge in [-0.15, -0.1) is 5.10 Å². The molecule has 0 bridgehead atoms. The second kappa shape index (κ2) is 5.37. The lowest BCUT2D eigenvalue weighted by molar-refractivity contribution is 0.157. The van der Waals surface area contributed by atoms with Crippen LogP contribution in [0, 0.1) is 0 Å². The van der Waals surface area contributed by atoms with Gasteiger partial charge >= 0.3 is 0 Å². The van der Waals surface area contributed by atoms with Crippen LogP contribution in [-0.4, -0.2) is 25.1 Å². The van der Waals surface area contributed by atoms with Crippen LogP contribution >= 0.6 is 15.9 Å². The molecule has 1 atom stereocenters. The van der Waals surface area contributed by atoms with Crippen LogP contribution in [0.3, 0.4) is 0 Å². The smallest absolute Gasteiger partial charge is 0.154 e. The van der Waals surface area contributed by atoms with Crippen LogP contribution in [0.2, 0.25) is 0 Å². The number of nitrogens with zero attached hydrogens (tertiary/aromatic N) is 4. The molecule has 2 aromatic heterocycles. The SMILES string of the molecule is Cn1nnc(Br)c1C(O)CCc1ccccn1. The Morgan fingerprint density at radius 3 is 2.88 bits per heavy atom. The molecular weight excluding hydrogens is 284 g/mol. The summed E-state index contributed by atoms with van der Waals surface area (Å²) < 4.78 is 2.17. The van der Waals surface area contributed by atoms with Gasteiger partial charge < -0.3 is 5.11 Å². The summed E-state index contributed by atoms with van der Waals surface area (Å²) in [4.78, 5) is 4.22. The molecule has 90 valence electrons. The van der Waals surface area contributed by atoms with E-state index in [-0.39, 0.29) is 0 Å². The maximum atomic E-state index is 10.1. The summed E-state index contributed by atoms with van der Waals surface area (Å²) in [6.45, 7) is 0. The van der Waals surface area contributed by atoms with Crippen molar-refractivity contribution in [3.05, 3.63) is 40.4 Å². The van der Waals surface area contributed by atoms with Crippen LogP contribution in [0.1, 0.15) is 23.9 Å². The number of hydrogen-bond donors (Lipinski definition) is 1. The molecule has 0 amide bonds. The molecule has 2 aromatic rings. The molecule has 1 N–H and O–H groups in total. The average Bonchev–Trinajstić information content (AvgIpc) is 2.67. The Bertz CT molecular complexity index is 466. The van der Waals surface area contributed by atoms with Gasteiger partial charge in [0.2, 0.25) is 0 Å². The van der Waals surface area contributed by atoms with E-state index in [2.05, 4.69) is 31.2 Å². The van der Waals surface area contributed by atoms with Crippen LogP contribution in [0.25, 0.3) is 0 Å². The number of aryl methyl sites for hydroxylation is 2. The molecule has 0 saturated carbocycles. The third kappa shape index (κ3) is 2.89. The van der Waals surface area contributed by atoms with E-state index < -0.39 is 6.10 Å². The van der Waals surface area contributed by atoms with E-state index >= 15 is 0 Å². The second-order valence-electron chi connectivity index (χ2n) is 3.76. The van der Waals surface area contributed by atoms with Crippen molar-refractivity contribution in [2.75, 3.05) is 0 Å². The normalized spacial score (nSPS) is 12.6. The molecule has 0 radical (unpaired) electrons. The molecule has 6 heteroatoms. The first-order valence-electron chi connectivity index (χ1n) is 5.31. The van der Waals surface area contributed by atoms with E-state index in [4.69, 9.17) is 0 Å². The van der Waals surface area contributed by atoms with Gasteiger partial charge in [-0.2, -0.15) is 0 Å². The van der Waals surface area contributed by atoms with Gasteiger partial charge in [0.25, 0.3) is 0 Å². The van der Waals surface area contributed by atoms with E-state index in [1.54, 1.807) is 17.9 Å². The first-order chi connectivity index (χ1) is 8.18. The first-order valence-corrected chi connectivity index (χ1v) is 6.11. The van der Waals surface area contributed by atoms with E-state index in [1.807, 2.05) is 18.2 Å². The minimum Gasteiger partial charge on any atom is -0.387 e. The Morgan fingerprint density at radius 2 is 2.29 bits per heavy atom. The maximum absolute atomic E-state index is 10.1. The molecule has 5 nitrogen and oxygen atoms in total. The molecule has 0 aromatic carbocycles. The summed E-state index contributed by atoms with van der Waals surface area (Å²) in [5.41, 5.74) is 1.67. The number of rotatable bonds is 4. The highest BCUT2D eigenvalue weighted by molar-refractivity contribution is 9.10. The van der Waals surface area contributed by atoms with Gasteiger partial charge in [-0.1, -0.05) is 11.3 Å². The lowest BCUT2D eigenvalue weighted by atomic mass is 10.1. The van der Waals surface area contributed by atoms with Gasteiger partial charge in [0.05, 0.1) is 6.10 Å². The summed E-state index contributed by atoms with van der Waals surface area (Å²) in [7, 11) is 1.76. The summed E-state index contributed by atoms with van der Waals surface area (Å²) in [6.07, 6.45) is 2.48. The summed E-state index contributed by atoms with van der Waals surface area (Å²) >= 11 is 3.27. The van der Waals surface area contributed by atoms with E-state index in [9.17, 15) is 5.11 Å². The first kappa shape index (κ1) is 12.2. The van der Waals surface area contributed by atoms with Crippen molar-refractivity contribution in [1.29, 1.82) is 0 Å². The Kier molecular flexibility index (Phi) is 3.86. The molecule has 17 heavy (non-hydrogen) atoms. The zero-order valence-corrected chi connectivity index (χ0v) is 11.0. The van der Waals surface area contributed by atoms with E-state index in [0.717, 1.165) is 12.1 Å².